The van der Waals surface area contributed by atoms with Gasteiger partial charge in [0.25, 0.3) is 0 Å². The van der Waals surface area contributed by atoms with Gasteiger partial charge < -0.3 is 5.73 Å². The summed E-state index contributed by atoms with van der Waals surface area (Å²) >= 11 is 5.15. The van der Waals surface area contributed by atoms with Crippen LogP contribution < -0.4 is 5.73 Å². The lowest BCUT2D eigenvalue weighted by Crippen LogP contribution is -1.91. The van der Waals surface area contributed by atoms with Gasteiger partial charge in [-0.05, 0) is 36.8 Å². The van der Waals surface area contributed by atoms with Crippen molar-refractivity contribution in [2.75, 3.05) is 5.73 Å². The number of anilines is 1. The minimum Gasteiger partial charge on any atom is -0.398 e. The first-order valence-electron chi connectivity index (χ1n) is 4.95. The number of rotatable bonds is 2. The molecule has 2 aromatic rings. The van der Waals surface area contributed by atoms with E-state index in [4.69, 9.17) is 5.73 Å². The fourth-order valence-electron chi connectivity index (χ4n) is 1.40. The molecular formula is C13H12BrNS. The molecule has 0 aliphatic heterocycles. The highest BCUT2D eigenvalue weighted by Gasteiger charge is 2.03. The number of hydrogen-bond donors (Lipinski definition) is 1. The van der Waals surface area contributed by atoms with E-state index < -0.39 is 0 Å². The quantitative estimate of drug-likeness (QED) is 0.826. The fourth-order valence-corrected chi connectivity index (χ4v) is 2.95. The summed E-state index contributed by atoms with van der Waals surface area (Å²) in [6, 6.07) is 14.3. The maximum Gasteiger partial charge on any atom is 0.0485 e. The van der Waals surface area contributed by atoms with Crippen molar-refractivity contribution in [1.82, 2.24) is 0 Å². The molecule has 82 valence electrons. The van der Waals surface area contributed by atoms with Crippen LogP contribution in [0.4, 0.5) is 5.69 Å². The number of para-hydroxylation sites is 1. The van der Waals surface area contributed by atoms with Crippen LogP contribution in [0.3, 0.4) is 0 Å². The average molecular weight is 294 g/mol. The molecule has 0 saturated carbocycles. The third-order valence-corrected chi connectivity index (χ3v) is 3.87. The second kappa shape index (κ2) is 4.93. The Morgan fingerprint density at radius 2 is 1.88 bits per heavy atom. The van der Waals surface area contributed by atoms with Gasteiger partial charge in [0.2, 0.25) is 0 Å². The summed E-state index contributed by atoms with van der Waals surface area (Å²) in [5, 5.41) is 0. The molecule has 16 heavy (non-hydrogen) atoms. The molecule has 0 saturated heterocycles. The normalized spacial score (nSPS) is 10.4. The molecule has 0 spiro atoms. The number of nitrogen functional groups attached to an aromatic ring is 1. The Hall–Kier alpha value is -0.930. The van der Waals surface area contributed by atoms with E-state index in [0.717, 1.165) is 20.6 Å². The van der Waals surface area contributed by atoms with Gasteiger partial charge in [0.05, 0.1) is 0 Å². The summed E-state index contributed by atoms with van der Waals surface area (Å²) in [4.78, 5) is 2.30. The molecule has 0 fully saturated rings. The van der Waals surface area contributed by atoms with Crippen molar-refractivity contribution in [1.29, 1.82) is 0 Å². The van der Waals surface area contributed by atoms with E-state index in [1.807, 2.05) is 37.3 Å². The zero-order valence-corrected chi connectivity index (χ0v) is 11.3. The van der Waals surface area contributed by atoms with Crippen LogP contribution in [0, 0.1) is 6.92 Å². The molecule has 1 nitrogen and oxygen atoms in total. The van der Waals surface area contributed by atoms with Gasteiger partial charge in [0, 0.05) is 20.0 Å². The first kappa shape index (κ1) is 11.6. The highest BCUT2D eigenvalue weighted by atomic mass is 79.9. The van der Waals surface area contributed by atoms with Gasteiger partial charge in [-0.15, -0.1) is 0 Å². The Labute approximate surface area is 108 Å². The summed E-state index contributed by atoms with van der Waals surface area (Å²) in [5.41, 5.74) is 8.03. The molecule has 2 aromatic carbocycles. The van der Waals surface area contributed by atoms with E-state index in [-0.39, 0.29) is 0 Å². The van der Waals surface area contributed by atoms with Gasteiger partial charge in [0.15, 0.2) is 0 Å². The zero-order chi connectivity index (χ0) is 11.5. The number of nitrogens with two attached hydrogens (primary N) is 1. The third-order valence-electron chi connectivity index (χ3n) is 2.31. The molecule has 3 heteroatoms. The highest BCUT2D eigenvalue weighted by molar-refractivity contribution is 9.10. The number of halogens is 1. The Morgan fingerprint density at radius 3 is 2.62 bits per heavy atom. The molecule has 0 aliphatic carbocycles. The molecule has 0 heterocycles. The maximum atomic E-state index is 6.04. The molecule has 0 aromatic heterocycles. The Kier molecular flexibility index (Phi) is 3.56. The fraction of sp³-hybridized carbons (Fsp3) is 0.0769. The molecule has 0 bridgehead atoms. The first-order valence-corrected chi connectivity index (χ1v) is 6.56. The largest absolute Gasteiger partial charge is 0.398 e. The van der Waals surface area contributed by atoms with Crippen molar-refractivity contribution in [3.63, 3.8) is 0 Å². The molecule has 0 aliphatic rings. The Morgan fingerprint density at radius 1 is 1.12 bits per heavy atom. The van der Waals surface area contributed by atoms with E-state index in [2.05, 4.69) is 28.1 Å². The lowest BCUT2D eigenvalue weighted by molar-refractivity contribution is 1.35. The Bertz CT molecular complexity index is 511. The third kappa shape index (κ3) is 2.60. The second-order valence-corrected chi connectivity index (χ2v) is 5.58. The van der Waals surface area contributed by atoms with Crippen molar-refractivity contribution >= 4 is 33.4 Å². The van der Waals surface area contributed by atoms with E-state index >= 15 is 0 Å². The van der Waals surface area contributed by atoms with Crippen molar-refractivity contribution in [3.05, 3.63) is 52.5 Å². The smallest absolute Gasteiger partial charge is 0.0485 e. The minimum absolute atomic E-state index is 0.868. The molecule has 0 atom stereocenters. The Balaban J connectivity index is 2.31. The van der Waals surface area contributed by atoms with Gasteiger partial charge in [-0.1, -0.05) is 45.9 Å². The van der Waals surface area contributed by atoms with Crippen molar-refractivity contribution in [3.8, 4) is 0 Å². The van der Waals surface area contributed by atoms with Crippen molar-refractivity contribution < 1.29 is 0 Å². The van der Waals surface area contributed by atoms with E-state index in [0.29, 0.717) is 0 Å². The molecule has 0 amide bonds. The number of aryl methyl sites for hydroxylation is 1. The predicted octanol–water partition coefficient (Wildman–Crippen LogP) is 4.49. The summed E-state index contributed by atoms with van der Waals surface area (Å²) in [7, 11) is 0. The molecule has 0 radical (unpaired) electrons. The zero-order valence-electron chi connectivity index (χ0n) is 8.91. The van der Waals surface area contributed by atoms with Gasteiger partial charge in [-0.2, -0.15) is 0 Å². The van der Waals surface area contributed by atoms with Crippen LogP contribution >= 0.6 is 27.7 Å². The van der Waals surface area contributed by atoms with Crippen molar-refractivity contribution in [2.24, 2.45) is 0 Å². The van der Waals surface area contributed by atoms with Gasteiger partial charge >= 0.3 is 0 Å². The van der Waals surface area contributed by atoms with Crippen LogP contribution in [0.15, 0.2) is 56.7 Å². The van der Waals surface area contributed by atoms with Crippen LogP contribution in [0.25, 0.3) is 0 Å². The van der Waals surface area contributed by atoms with Crippen LogP contribution in [-0.2, 0) is 0 Å². The van der Waals surface area contributed by atoms with E-state index in [1.165, 1.54) is 4.90 Å². The summed E-state index contributed by atoms with van der Waals surface area (Å²) in [6.45, 7) is 2.03. The number of benzene rings is 2. The highest BCUT2D eigenvalue weighted by Crippen LogP contribution is 2.34. The number of hydrogen-bond acceptors (Lipinski definition) is 2. The first-order chi connectivity index (χ1) is 7.66. The van der Waals surface area contributed by atoms with Crippen LogP contribution in [0.1, 0.15) is 5.56 Å². The van der Waals surface area contributed by atoms with E-state index in [9.17, 15) is 0 Å². The van der Waals surface area contributed by atoms with Crippen LogP contribution in [0.2, 0.25) is 0 Å². The average Bonchev–Trinajstić information content (AvgIpc) is 2.25. The van der Waals surface area contributed by atoms with Gasteiger partial charge in [-0.25, -0.2) is 0 Å². The van der Waals surface area contributed by atoms with Gasteiger partial charge in [-0.3, -0.25) is 0 Å². The maximum absolute atomic E-state index is 6.04. The lowest BCUT2D eigenvalue weighted by Gasteiger charge is -2.07. The van der Waals surface area contributed by atoms with Gasteiger partial charge in [0.1, 0.15) is 0 Å². The molecular weight excluding hydrogens is 282 g/mol. The summed E-state index contributed by atoms with van der Waals surface area (Å²) in [6.07, 6.45) is 0. The van der Waals surface area contributed by atoms with E-state index in [1.54, 1.807) is 11.8 Å². The predicted molar refractivity (Wildman–Crippen MR) is 73.9 cm³/mol. The molecule has 0 unspecified atom stereocenters. The van der Waals surface area contributed by atoms with Crippen LogP contribution in [-0.4, -0.2) is 0 Å². The summed E-state index contributed by atoms with van der Waals surface area (Å²) < 4.78 is 1.09. The second-order valence-electron chi connectivity index (χ2n) is 3.55. The standard InChI is InChI=1S/C13H12BrNS/c1-9-4-2-7-12(13(9)15)16-11-6-3-5-10(14)8-11/h2-8H,15H2,1H3. The molecule has 2 rings (SSSR count). The monoisotopic (exact) mass is 293 g/mol. The SMILES string of the molecule is Cc1cccc(Sc2cccc(Br)c2)c1N. The minimum atomic E-state index is 0.868. The van der Waals surface area contributed by atoms with Crippen molar-refractivity contribution in [2.45, 2.75) is 16.7 Å². The summed E-state index contributed by atoms with van der Waals surface area (Å²) in [5.74, 6) is 0. The topological polar surface area (TPSA) is 26.0 Å². The molecule has 2 N–H and O–H groups in total. The lowest BCUT2D eigenvalue weighted by atomic mass is 10.2. The van der Waals surface area contributed by atoms with Crippen LogP contribution in [0.5, 0.6) is 0 Å².